The highest BCUT2D eigenvalue weighted by Crippen LogP contribution is 2.50. The zero-order chi connectivity index (χ0) is 21.9. The molecular formula is C21H27F3N2O2SSi. The minimum atomic E-state index is -4.56. The lowest BCUT2D eigenvalue weighted by atomic mass is 9.79. The van der Waals surface area contributed by atoms with Gasteiger partial charge in [0, 0.05) is 12.1 Å². The monoisotopic (exact) mass is 456 g/mol. The molecule has 1 aliphatic heterocycles. The molecule has 1 saturated carbocycles. The van der Waals surface area contributed by atoms with Crippen molar-refractivity contribution in [3.63, 3.8) is 0 Å². The predicted octanol–water partition coefficient (Wildman–Crippen LogP) is 3.49. The van der Waals surface area contributed by atoms with Crippen LogP contribution in [0.25, 0.3) is 0 Å². The van der Waals surface area contributed by atoms with Gasteiger partial charge in [0.2, 0.25) is 0 Å². The molecule has 4 rings (SSSR count). The molecule has 1 spiro atoms. The van der Waals surface area contributed by atoms with Crippen LogP contribution in [0.5, 0.6) is 0 Å². The summed E-state index contributed by atoms with van der Waals surface area (Å²) in [6, 6.07) is 6.16. The standard InChI is InChI=1S/C21H27F3N2O2SSi/c1-30(2,3)9-8-15-4-5-16-11-18-6-7-19(12-17(16)10-15)20(18)13-26(14-21(22,23)24)29(27,28)25-20/h4-5,10,18-19,25H,6-7,11-14H2,1-3H3. The number of halogens is 3. The van der Waals surface area contributed by atoms with Crippen LogP contribution in [0, 0.1) is 23.3 Å². The summed E-state index contributed by atoms with van der Waals surface area (Å²) in [6.07, 6.45) is -1.58. The summed E-state index contributed by atoms with van der Waals surface area (Å²) in [4.78, 5) is 0. The van der Waals surface area contributed by atoms with E-state index < -0.39 is 36.5 Å². The van der Waals surface area contributed by atoms with E-state index in [1.165, 1.54) is 0 Å². The molecule has 3 unspecified atom stereocenters. The molecule has 3 atom stereocenters. The van der Waals surface area contributed by atoms with Gasteiger partial charge < -0.3 is 0 Å². The Kier molecular flexibility index (Phi) is 5.17. The Morgan fingerprint density at radius 2 is 1.80 bits per heavy atom. The molecule has 0 radical (unpaired) electrons. The first kappa shape index (κ1) is 21.9. The molecule has 1 aromatic rings. The lowest BCUT2D eigenvalue weighted by Gasteiger charge is -2.33. The molecule has 1 heterocycles. The fourth-order valence-corrected chi connectivity index (χ4v) is 7.41. The average Bonchev–Trinajstić information content (AvgIpc) is 2.96. The SMILES string of the molecule is C[Si](C)(C)C#Cc1ccc2c(c1)CC1CCC(C2)C12CN(CC(F)(F)F)S(=O)(=O)N2. The van der Waals surface area contributed by atoms with E-state index in [2.05, 4.69) is 48.0 Å². The second kappa shape index (κ2) is 7.09. The summed E-state index contributed by atoms with van der Waals surface area (Å²) in [7, 11) is -5.65. The highest BCUT2D eigenvalue weighted by molar-refractivity contribution is 7.87. The van der Waals surface area contributed by atoms with Crippen LogP contribution in [-0.2, 0) is 23.1 Å². The smallest absolute Gasteiger partial charge is 0.195 e. The van der Waals surface area contributed by atoms with Crippen molar-refractivity contribution < 1.29 is 21.6 Å². The van der Waals surface area contributed by atoms with Gasteiger partial charge in [0.1, 0.15) is 14.6 Å². The van der Waals surface area contributed by atoms with Crippen molar-refractivity contribution in [2.24, 2.45) is 11.8 Å². The van der Waals surface area contributed by atoms with Crippen LogP contribution in [0.4, 0.5) is 13.2 Å². The van der Waals surface area contributed by atoms with Crippen molar-refractivity contribution in [1.82, 2.24) is 9.03 Å². The lowest BCUT2D eigenvalue weighted by molar-refractivity contribution is -0.136. The average molecular weight is 457 g/mol. The molecule has 3 aliphatic rings. The number of hydrogen-bond donors (Lipinski definition) is 1. The number of alkyl halides is 3. The highest BCUT2D eigenvalue weighted by Gasteiger charge is 2.60. The summed E-state index contributed by atoms with van der Waals surface area (Å²) in [5, 5.41) is 0. The molecule has 4 nitrogen and oxygen atoms in total. The van der Waals surface area contributed by atoms with Gasteiger partial charge in [-0.15, -0.1) is 5.54 Å². The molecule has 2 bridgehead atoms. The van der Waals surface area contributed by atoms with E-state index in [9.17, 15) is 21.6 Å². The first-order valence-corrected chi connectivity index (χ1v) is 15.2. The maximum absolute atomic E-state index is 13.0. The molecule has 0 aromatic heterocycles. The molecule has 2 aliphatic carbocycles. The third kappa shape index (κ3) is 4.20. The van der Waals surface area contributed by atoms with Crippen molar-refractivity contribution in [1.29, 1.82) is 0 Å². The number of rotatable bonds is 1. The summed E-state index contributed by atoms with van der Waals surface area (Å²) in [5.41, 5.74) is 5.80. The first-order valence-electron chi connectivity index (χ1n) is 10.3. The van der Waals surface area contributed by atoms with Gasteiger partial charge in [-0.1, -0.05) is 31.6 Å². The minimum absolute atomic E-state index is 0.00400. The van der Waals surface area contributed by atoms with Crippen molar-refractivity contribution in [2.75, 3.05) is 13.1 Å². The van der Waals surface area contributed by atoms with E-state index in [0.717, 1.165) is 29.5 Å². The van der Waals surface area contributed by atoms with Gasteiger partial charge in [0.25, 0.3) is 10.2 Å². The van der Waals surface area contributed by atoms with Crippen LogP contribution in [0.1, 0.15) is 29.5 Å². The minimum Gasteiger partial charge on any atom is -0.195 e. The molecule has 30 heavy (non-hydrogen) atoms. The van der Waals surface area contributed by atoms with Crippen LogP contribution in [-0.4, -0.2) is 45.6 Å². The van der Waals surface area contributed by atoms with Crippen LogP contribution in [0.15, 0.2) is 18.2 Å². The van der Waals surface area contributed by atoms with E-state index in [0.29, 0.717) is 17.1 Å². The van der Waals surface area contributed by atoms with E-state index in [1.807, 2.05) is 6.07 Å². The molecule has 2 fully saturated rings. The molecule has 1 saturated heterocycles. The second-order valence-corrected chi connectivity index (χ2v) is 16.3. The number of nitrogens with one attached hydrogen (secondary N) is 1. The molecule has 0 amide bonds. The van der Waals surface area contributed by atoms with E-state index in [4.69, 9.17) is 0 Å². The third-order valence-electron chi connectivity index (χ3n) is 6.49. The second-order valence-electron chi connectivity index (χ2n) is 9.89. The number of hydrogen-bond acceptors (Lipinski definition) is 2. The van der Waals surface area contributed by atoms with Crippen LogP contribution < -0.4 is 4.72 Å². The van der Waals surface area contributed by atoms with Crippen LogP contribution in [0.3, 0.4) is 0 Å². The van der Waals surface area contributed by atoms with Gasteiger partial charge in [-0.2, -0.15) is 30.6 Å². The molecule has 164 valence electrons. The van der Waals surface area contributed by atoms with Crippen molar-refractivity contribution in [3.05, 3.63) is 34.9 Å². The zero-order valence-electron chi connectivity index (χ0n) is 17.4. The number of fused-ring (bicyclic) bond motifs is 1. The maximum atomic E-state index is 13.0. The van der Waals surface area contributed by atoms with Gasteiger partial charge in [0.15, 0.2) is 0 Å². The number of nitrogens with zero attached hydrogens (tertiary/aromatic N) is 1. The highest BCUT2D eigenvalue weighted by atomic mass is 32.2. The normalized spacial score (nSPS) is 30.6. The Bertz CT molecular complexity index is 1020. The van der Waals surface area contributed by atoms with E-state index in [1.54, 1.807) is 0 Å². The Morgan fingerprint density at radius 3 is 2.40 bits per heavy atom. The lowest BCUT2D eigenvalue weighted by Crippen LogP contribution is -2.52. The maximum Gasteiger partial charge on any atom is 0.402 e. The Hall–Kier alpha value is -1.34. The summed E-state index contributed by atoms with van der Waals surface area (Å²) < 4.78 is 67.3. The fraction of sp³-hybridized carbons (Fsp3) is 0.619. The van der Waals surface area contributed by atoms with Crippen molar-refractivity contribution >= 4 is 18.3 Å². The van der Waals surface area contributed by atoms with Gasteiger partial charge in [-0.05, 0) is 60.8 Å². The van der Waals surface area contributed by atoms with Crippen LogP contribution in [0.2, 0.25) is 19.6 Å². The molecule has 9 heteroatoms. The van der Waals surface area contributed by atoms with Crippen molar-refractivity contribution in [2.45, 2.75) is 57.0 Å². The van der Waals surface area contributed by atoms with Gasteiger partial charge in [-0.3, -0.25) is 0 Å². The van der Waals surface area contributed by atoms with Gasteiger partial charge >= 0.3 is 6.18 Å². The molecule has 1 N–H and O–H groups in total. The molecular weight excluding hydrogens is 429 g/mol. The number of benzene rings is 1. The summed E-state index contributed by atoms with van der Waals surface area (Å²) in [6.45, 7) is 5.01. The Balaban J connectivity index is 1.65. The quantitative estimate of drug-likeness (QED) is 0.520. The van der Waals surface area contributed by atoms with Gasteiger partial charge in [0.05, 0.1) is 5.54 Å². The van der Waals surface area contributed by atoms with E-state index in [-0.39, 0.29) is 18.4 Å². The van der Waals surface area contributed by atoms with Gasteiger partial charge in [-0.25, -0.2) is 0 Å². The summed E-state index contributed by atoms with van der Waals surface area (Å²) in [5.74, 6) is 3.25. The van der Waals surface area contributed by atoms with E-state index >= 15 is 0 Å². The predicted molar refractivity (Wildman–Crippen MR) is 113 cm³/mol. The Morgan fingerprint density at radius 1 is 1.17 bits per heavy atom. The topological polar surface area (TPSA) is 49.4 Å². The van der Waals surface area contributed by atoms with Crippen LogP contribution >= 0.6 is 0 Å². The first-order chi connectivity index (χ1) is 13.8. The zero-order valence-corrected chi connectivity index (χ0v) is 19.3. The third-order valence-corrected chi connectivity index (χ3v) is 8.94. The van der Waals surface area contributed by atoms with Crippen molar-refractivity contribution in [3.8, 4) is 11.5 Å². The molecule has 1 aromatic carbocycles. The largest absolute Gasteiger partial charge is 0.402 e. The summed E-state index contributed by atoms with van der Waals surface area (Å²) >= 11 is 0. The Labute approximate surface area is 177 Å². The fourth-order valence-electron chi connectivity index (χ4n) is 5.18.